The minimum Gasteiger partial charge on any atom is -0.492 e. The largest absolute Gasteiger partial charge is 0.492 e. The Balaban J connectivity index is 1.96. The summed E-state index contributed by atoms with van der Waals surface area (Å²) in [5.74, 6) is -0.527. The first kappa shape index (κ1) is 18.8. The van der Waals surface area contributed by atoms with E-state index in [1.807, 2.05) is 17.7 Å². The Morgan fingerprint density at radius 2 is 2.07 bits per heavy atom. The molecule has 1 saturated heterocycles. The number of hydrogen-bond acceptors (Lipinski definition) is 5. The second-order valence-electron chi connectivity index (χ2n) is 7.81. The molecule has 2 N–H and O–H groups in total. The maximum Gasteiger partial charge on any atom is 0.341 e. The molecule has 2 heterocycles. The number of carboxylic acids is 1. The number of carbonyl (C=O) groups is 1. The van der Waals surface area contributed by atoms with Crippen molar-refractivity contribution >= 4 is 22.6 Å². The van der Waals surface area contributed by atoms with Crippen LogP contribution in [0, 0.1) is 0 Å². The smallest absolute Gasteiger partial charge is 0.341 e. The van der Waals surface area contributed by atoms with Crippen molar-refractivity contribution in [1.82, 2.24) is 9.88 Å². The van der Waals surface area contributed by atoms with Gasteiger partial charge >= 0.3 is 5.97 Å². The molecular formula is C21H27N3O4. The Kier molecular flexibility index (Phi) is 4.79. The van der Waals surface area contributed by atoms with Crippen molar-refractivity contribution < 1.29 is 14.6 Å². The van der Waals surface area contributed by atoms with Gasteiger partial charge in [-0.1, -0.05) is 0 Å². The molecule has 0 radical (unpaired) electrons. The topological polar surface area (TPSA) is 83.8 Å². The van der Waals surface area contributed by atoms with E-state index < -0.39 is 11.4 Å². The summed E-state index contributed by atoms with van der Waals surface area (Å²) >= 11 is 0. The van der Waals surface area contributed by atoms with Crippen LogP contribution in [-0.2, 0) is 0 Å². The normalized spacial score (nSPS) is 20.5. The molecule has 1 saturated carbocycles. The zero-order valence-electron chi connectivity index (χ0n) is 16.6. The van der Waals surface area contributed by atoms with E-state index in [-0.39, 0.29) is 11.6 Å². The van der Waals surface area contributed by atoms with Crippen LogP contribution in [-0.4, -0.2) is 48.4 Å². The van der Waals surface area contributed by atoms with Crippen LogP contribution in [0.15, 0.2) is 23.1 Å². The highest BCUT2D eigenvalue weighted by atomic mass is 16.5. The first-order valence-corrected chi connectivity index (χ1v) is 9.91. The number of nitrogens with one attached hydrogen (secondary N) is 1. The number of fused-ring (bicyclic) bond motifs is 1. The lowest BCUT2D eigenvalue weighted by atomic mass is 10.1. The van der Waals surface area contributed by atoms with E-state index in [4.69, 9.17) is 4.74 Å². The van der Waals surface area contributed by atoms with Crippen LogP contribution < -0.4 is 20.4 Å². The highest BCUT2D eigenvalue weighted by Gasteiger charge is 2.33. The fourth-order valence-electron chi connectivity index (χ4n) is 4.43. The number of hydrogen-bond donors (Lipinski definition) is 2. The minimum atomic E-state index is -1.19. The Hall–Kier alpha value is -2.54. The zero-order valence-corrected chi connectivity index (χ0v) is 16.6. The summed E-state index contributed by atoms with van der Waals surface area (Å²) in [6.45, 7) is 3.11. The summed E-state index contributed by atoms with van der Waals surface area (Å²) in [4.78, 5) is 26.7. The first-order chi connectivity index (χ1) is 13.5. The van der Waals surface area contributed by atoms with Crippen molar-refractivity contribution in [2.24, 2.45) is 0 Å². The fraction of sp³-hybridized carbons (Fsp3) is 0.524. The van der Waals surface area contributed by atoms with Crippen LogP contribution >= 0.6 is 0 Å². The lowest BCUT2D eigenvalue weighted by molar-refractivity contribution is 0.0695. The summed E-state index contributed by atoms with van der Waals surface area (Å²) in [5, 5.41) is 13.2. The molecule has 0 amide bonds. The number of carboxylic acid groups (broad SMARTS) is 1. The number of benzene rings is 1. The predicted octanol–water partition coefficient (Wildman–Crippen LogP) is 2.62. The highest BCUT2D eigenvalue weighted by molar-refractivity contribution is 5.97. The molecule has 1 aliphatic carbocycles. The monoisotopic (exact) mass is 385 g/mol. The van der Waals surface area contributed by atoms with Gasteiger partial charge in [0.1, 0.15) is 5.56 Å². The molecule has 2 atom stereocenters. The number of aromatic carboxylic acids is 1. The van der Waals surface area contributed by atoms with Crippen LogP contribution in [0.25, 0.3) is 10.9 Å². The number of rotatable bonds is 6. The average Bonchev–Trinajstić information content (AvgIpc) is 3.42. The van der Waals surface area contributed by atoms with Crippen LogP contribution in [0.5, 0.6) is 5.75 Å². The number of methoxy groups -OCH3 is 1. The first-order valence-electron chi connectivity index (χ1n) is 9.91. The third-order valence-corrected chi connectivity index (χ3v) is 6.14. The fourth-order valence-corrected chi connectivity index (χ4v) is 4.43. The quantitative estimate of drug-likeness (QED) is 0.795. The maximum atomic E-state index is 12.8. The molecule has 2 aromatic rings. The van der Waals surface area contributed by atoms with Crippen molar-refractivity contribution in [1.29, 1.82) is 0 Å². The van der Waals surface area contributed by atoms with Crippen molar-refractivity contribution in [2.45, 2.75) is 50.7 Å². The molecule has 0 spiro atoms. The summed E-state index contributed by atoms with van der Waals surface area (Å²) in [6, 6.07) is 4.56. The van der Waals surface area contributed by atoms with Crippen molar-refractivity contribution in [3.05, 3.63) is 34.1 Å². The van der Waals surface area contributed by atoms with Crippen molar-refractivity contribution in [3.63, 3.8) is 0 Å². The molecule has 7 nitrogen and oxygen atoms in total. The molecule has 1 aliphatic heterocycles. The van der Waals surface area contributed by atoms with Gasteiger partial charge in [-0.05, 0) is 51.8 Å². The zero-order chi connectivity index (χ0) is 20.0. The van der Waals surface area contributed by atoms with Gasteiger partial charge in [-0.2, -0.15) is 0 Å². The molecular weight excluding hydrogens is 358 g/mol. The molecule has 1 aromatic carbocycles. The predicted molar refractivity (Wildman–Crippen MR) is 109 cm³/mol. The van der Waals surface area contributed by atoms with Gasteiger partial charge in [0.25, 0.3) is 0 Å². The minimum absolute atomic E-state index is 0.183. The Bertz CT molecular complexity index is 980. The molecule has 7 heteroatoms. The Labute approximate surface area is 163 Å². The van der Waals surface area contributed by atoms with E-state index >= 15 is 0 Å². The molecule has 2 fully saturated rings. The number of pyridine rings is 1. The number of likely N-dealkylation sites (N-methyl/N-ethyl adjacent to an activating group) is 1. The molecule has 4 rings (SSSR count). The number of ether oxygens (including phenoxy) is 1. The molecule has 0 bridgehead atoms. The third kappa shape index (κ3) is 2.94. The van der Waals surface area contributed by atoms with E-state index in [0.717, 1.165) is 37.9 Å². The van der Waals surface area contributed by atoms with Gasteiger partial charge in [0, 0.05) is 30.9 Å². The second kappa shape index (κ2) is 7.13. The van der Waals surface area contributed by atoms with Gasteiger partial charge in [0.2, 0.25) is 5.43 Å². The van der Waals surface area contributed by atoms with E-state index in [9.17, 15) is 14.7 Å². The average molecular weight is 385 g/mol. The van der Waals surface area contributed by atoms with Crippen LogP contribution in [0.1, 0.15) is 49.0 Å². The van der Waals surface area contributed by atoms with E-state index in [1.54, 1.807) is 13.2 Å². The lowest BCUT2D eigenvalue weighted by Crippen LogP contribution is -2.44. The van der Waals surface area contributed by atoms with E-state index in [0.29, 0.717) is 28.7 Å². The van der Waals surface area contributed by atoms with Gasteiger partial charge in [0.15, 0.2) is 5.75 Å². The van der Waals surface area contributed by atoms with Gasteiger partial charge in [0.05, 0.1) is 23.7 Å². The number of nitrogens with zero attached hydrogens (tertiary/aromatic N) is 2. The van der Waals surface area contributed by atoms with Gasteiger partial charge < -0.3 is 24.6 Å². The Morgan fingerprint density at radius 3 is 2.68 bits per heavy atom. The van der Waals surface area contributed by atoms with Gasteiger partial charge in [-0.3, -0.25) is 4.79 Å². The molecule has 2 aliphatic rings. The van der Waals surface area contributed by atoms with Gasteiger partial charge in [-0.25, -0.2) is 4.79 Å². The van der Waals surface area contributed by atoms with Crippen molar-refractivity contribution in [3.8, 4) is 5.75 Å². The number of aromatic nitrogens is 1. The van der Waals surface area contributed by atoms with Crippen LogP contribution in [0.4, 0.5) is 5.69 Å². The number of anilines is 1. The van der Waals surface area contributed by atoms with E-state index in [1.165, 1.54) is 6.20 Å². The lowest BCUT2D eigenvalue weighted by Gasteiger charge is -2.32. The third-order valence-electron chi connectivity index (χ3n) is 6.14. The van der Waals surface area contributed by atoms with Gasteiger partial charge in [-0.15, -0.1) is 0 Å². The molecule has 1 aromatic heterocycles. The highest BCUT2D eigenvalue weighted by Crippen LogP contribution is 2.43. The van der Waals surface area contributed by atoms with Crippen LogP contribution in [0.2, 0.25) is 0 Å². The summed E-state index contributed by atoms with van der Waals surface area (Å²) in [6.07, 6.45) is 5.65. The SMILES string of the molecule is CNC(C)C1CCCN1c1ccc2c(=O)c(C(=O)O)cn(C3CC3)c2c1OC. The second-order valence-corrected chi connectivity index (χ2v) is 7.81. The summed E-state index contributed by atoms with van der Waals surface area (Å²) < 4.78 is 7.78. The Morgan fingerprint density at radius 1 is 1.32 bits per heavy atom. The maximum absolute atomic E-state index is 12.8. The van der Waals surface area contributed by atoms with Crippen molar-refractivity contribution in [2.75, 3.05) is 25.6 Å². The standard InChI is InChI=1S/C21H27N3O4/c1-12(22-2)16-5-4-10-23(16)17-9-8-14-18(20(17)28-3)24(13-6-7-13)11-15(19(14)25)21(26)27/h8-9,11-13,16,22H,4-7,10H2,1-3H3,(H,26,27). The van der Waals surface area contributed by atoms with E-state index in [2.05, 4.69) is 17.1 Å². The summed E-state index contributed by atoms with van der Waals surface area (Å²) in [5.41, 5.74) is 1.04. The van der Waals surface area contributed by atoms with Crippen LogP contribution in [0.3, 0.4) is 0 Å². The summed E-state index contributed by atoms with van der Waals surface area (Å²) in [7, 11) is 3.59. The molecule has 150 valence electrons. The molecule has 2 unspecified atom stereocenters. The molecule has 28 heavy (non-hydrogen) atoms.